The van der Waals surface area contributed by atoms with Crippen molar-refractivity contribution in [3.63, 3.8) is 0 Å². The van der Waals surface area contributed by atoms with Gasteiger partial charge in [-0.25, -0.2) is 4.79 Å². The van der Waals surface area contributed by atoms with E-state index in [4.69, 9.17) is 9.47 Å². The molecule has 7 heteroatoms. The Morgan fingerprint density at radius 3 is 2.46 bits per heavy atom. The van der Waals surface area contributed by atoms with E-state index in [0.717, 1.165) is 37.3 Å². The largest absolute Gasteiger partial charge is 0.486 e. The summed E-state index contributed by atoms with van der Waals surface area (Å²) in [5.74, 6) is -0.970. The van der Waals surface area contributed by atoms with Gasteiger partial charge in [0.1, 0.15) is 12.2 Å². The zero-order chi connectivity index (χ0) is 18.5. The van der Waals surface area contributed by atoms with Crippen LogP contribution in [-0.2, 0) is 6.61 Å². The Kier molecular flexibility index (Phi) is 5.36. The number of carbonyl (C=O) groups is 1. The van der Waals surface area contributed by atoms with Crippen LogP contribution >= 0.6 is 0 Å². The van der Waals surface area contributed by atoms with Crippen LogP contribution in [0.3, 0.4) is 0 Å². The SMILES string of the molecule is O=C(O)c1cc(OCc2ccccc2)c(OC2CCCC2)cc1[N+](=O)[O-]. The van der Waals surface area contributed by atoms with E-state index in [1.54, 1.807) is 0 Å². The van der Waals surface area contributed by atoms with Crippen LogP contribution in [0.25, 0.3) is 0 Å². The zero-order valence-electron chi connectivity index (χ0n) is 14.1. The summed E-state index contributed by atoms with van der Waals surface area (Å²) in [4.78, 5) is 21.9. The fourth-order valence-electron chi connectivity index (χ4n) is 3.00. The van der Waals surface area contributed by atoms with Gasteiger partial charge in [-0.15, -0.1) is 0 Å². The maximum atomic E-state index is 11.4. The van der Waals surface area contributed by atoms with Gasteiger partial charge in [0.25, 0.3) is 5.69 Å². The van der Waals surface area contributed by atoms with Crippen LogP contribution in [0.5, 0.6) is 11.5 Å². The molecule has 0 unspecified atom stereocenters. The minimum Gasteiger partial charge on any atom is -0.486 e. The molecule has 2 aromatic rings. The van der Waals surface area contributed by atoms with Gasteiger partial charge in [-0.3, -0.25) is 10.1 Å². The lowest BCUT2D eigenvalue weighted by Crippen LogP contribution is -2.13. The van der Waals surface area contributed by atoms with Crippen molar-refractivity contribution in [2.45, 2.75) is 38.4 Å². The second-order valence-electron chi connectivity index (χ2n) is 6.18. The standard InChI is InChI=1S/C19H19NO6/c21-19(22)15-10-17(25-12-13-6-2-1-3-7-13)18(11-16(15)20(23)24)26-14-8-4-5-9-14/h1-3,6-7,10-11,14H,4-5,8-9,12H2,(H,21,22). The first kappa shape index (κ1) is 17.7. The summed E-state index contributed by atoms with van der Waals surface area (Å²) in [7, 11) is 0. The number of benzene rings is 2. The summed E-state index contributed by atoms with van der Waals surface area (Å²) in [5.41, 5.74) is -0.0241. The Labute approximate surface area is 150 Å². The molecule has 1 aliphatic carbocycles. The smallest absolute Gasteiger partial charge is 0.342 e. The molecule has 0 heterocycles. The minimum atomic E-state index is -1.38. The number of carboxylic acid groups (broad SMARTS) is 1. The summed E-state index contributed by atoms with van der Waals surface area (Å²) in [6, 6.07) is 11.7. The number of carboxylic acids is 1. The van der Waals surface area contributed by atoms with Crippen LogP contribution in [0.4, 0.5) is 5.69 Å². The molecule has 0 aromatic heterocycles. The highest BCUT2D eigenvalue weighted by molar-refractivity contribution is 5.93. The van der Waals surface area contributed by atoms with Crippen molar-refractivity contribution in [1.82, 2.24) is 0 Å². The molecule has 3 rings (SSSR count). The second kappa shape index (κ2) is 7.86. The maximum Gasteiger partial charge on any atom is 0.342 e. The monoisotopic (exact) mass is 357 g/mol. The molecule has 0 amide bonds. The summed E-state index contributed by atoms with van der Waals surface area (Å²) >= 11 is 0. The van der Waals surface area contributed by atoms with Gasteiger partial charge in [0, 0.05) is 6.07 Å². The Bertz CT molecular complexity index is 799. The molecule has 0 saturated heterocycles. The van der Waals surface area contributed by atoms with Crippen molar-refractivity contribution in [3.05, 3.63) is 63.7 Å². The average molecular weight is 357 g/mol. The van der Waals surface area contributed by atoms with E-state index >= 15 is 0 Å². The van der Waals surface area contributed by atoms with Crippen LogP contribution in [-0.4, -0.2) is 22.1 Å². The third-order valence-electron chi connectivity index (χ3n) is 4.32. The van der Waals surface area contributed by atoms with Gasteiger partial charge in [0.15, 0.2) is 11.5 Å². The number of hydrogen-bond acceptors (Lipinski definition) is 5. The molecular weight excluding hydrogens is 338 g/mol. The Balaban J connectivity index is 1.93. The molecule has 0 bridgehead atoms. The molecule has 0 atom stereocenters. The third-order valence-corrected chi connectivity index (χ3v) is 4.32. The van der Waals surface area contributed by atoms with Crippen molar-refractivity contribution in [2.24, 2.45) is 0 Å². The van der Waals surface area contributed by atoms with Gasteiger partial charge in [-0.2, -0.15) is 0 Å². The minimum absolute atomic E-state index is 0.0376. The fraction of sp³-hybridized carbons (Fsp3) is 0.316. The first-order valence-electron chi connectivity index (χ1n) is 8.43. The highest BCUT2D eigenvalue weighted by atomic mass is 16.6. The van der Waals surface area contributed by atoms with Crippen molar-refractivity contribution in [2.75, 3.05) is 0 Å². The van der Waals surface area contributed by atoms with Gasteiger partial charge in [-0.05, 0) is 31.2 Å². The molecule has 0 spiro atoms. The topological polar surface area (TPSA) is 98.9 Å². The van der Waals surface area contributed by atoms with Gasteiger partial charge < -0.3 is 14.6 Å². The number of ether oxygens (including phenoxy) is 2. The van der Waals surface area contributed by atoms with Crippen molar-refractivity contribution in [1.29, 1.82) is 0 Å². The first-order chi connectivity index (χ1) is 12.5. The van der Waals surface area contributed by atoms with Crippen LogP contribution in [0.15, 0.2) is 42.5 Å². The lowest BCUT2D eigenvalue weighted by Gasteiger charge is -2.17. The van der Waals surface area contributed by atoms with E-state index in [-0.39, 0.29) is 24.2 Å². The summed E-state index contributed by atoms with van der Waals surface area (Å²) in [5, 5.41) is 20.6. The van der Waals surface area contributed by atoms with Gasteiger partial charge >= 0.3 is 5.97 Å². The Morgan fingerprint density at radius 2 is 1.85 bits per heavy atom. The number of rotatable bonds is 7. The molecule has 1 N–H and O–H groups in total. The van der Waals surface area contributed by atoms with E-state index in [9.17, 15) is 20.0 Å². The molecule has 1 fully saturated rings. The van der Waals surface area contributed by atoms with E-state index in [1.807, 2.05) is 30.3 Å². The highest BCUT2D eigenvalue weighted by Gasteiger charge is 2.27. The van der Waals surface area contributed by atoms with Gasteiger partial charge in [-0.1, -0.05) is 30.3 Å². The quantitative estimate of drug-likeness (QED) is 0.589. The van der Waals surface area contributed by atoms with E-state index in [2.05, 4.69) is 0 Å². The van der Waals surface area contributed by atoms with Crippen LogP contribution in [0.1, 0.15) is 41.6 Å². The van der Waals surface area contributed by atoms with Crippen molar-refractivity contribution < 1.29 is 24.3 Å². The molecule has 1 aliphatic rings. The summed E-state index contributed by atoms with van der Waals surface area (Å²) in [6.45, 7) is 0.207. The first-order valence-corrected chi connectivity index (χ1v) is 8.43. The maximum absolute atomic E-state index is 11.4. The molecule has 0 radical (unpaired) electrons. The predicted octanol–water partition coefficient (Wildman–Crippen LogP) is 4.19. The van der Waals surface area contributed by atoms with Gasteiger partial charge in [0.2, 0.25) is 0 Å². The van der Waals surface area contributed by atoms with Crippen LogP contribution in [0.2, 0.25) is 0 Å². The summed E-state index contributed by atoms with van der Waals surface area (Å²) < 4.78 is 11.6. The fourth-order valence-corrected chi connectivity index (χ4v) is 3.00. The normalized spacial score (nSPS) is 14.2. The number of aromatic carboxylic acids is 1. The third kappa shape index (κ3) is 4.11. The van der Waals surface area contributed by atoms with Crippen molar-refractivity contribution >= 4 is 11.7 Å². The molecule has 26 heavy (non-hydrogen) atoms. The number of nitro groups is 1. The lowest BCUT2D eigenvalue weighted by atomic mass is 10.1. The lowest BCUT2D eigenvalue weighted by molar-refractivity contribution is -0.385. The predicted molar refractivity (Wildman–Crippen MR) is 93.7 cm³/mol. The number of nitrogens with zero attached hydrogens (tertiary/aromatic N) is 1. The zero-order valence-corrected chi connectivity index (χ0v) is 14.1. The van der Waals surface area contributed by atoms with E-state index < -0.39 is 22.1 Å². The highest BCUT2D eigenvalue weighted by Crippen LogP contribution is 2.37. The van der Waals surface area contributed by atoms with Gasteiger partial charge in [0.05, 0.1) is 17.1 Å². The number of nitro benzene ring substituents is 1. The average Bonchev–Trinajstić information content (AvgIpc) is 3.14. The molecule has 1 saturated carbocycles. The van der Waals surface area contributed by atoms with Crippen LogP contribution < -0.4 is 9.47 Å². The van der Waals surface area contributed by atoms with E-state index in [1.165, 1.54) is 6.07 Å². The Morgan fingerprint density at radius 1 is 1.15 bits per heavy atom. The molecule has 0 aliphatic heterocycles. The molecule has 136 valence electrons. The molecular formula is C19H19NO6. The van der Waals surface area contributed by atoms with Crippen molar-refractivity contribution in [3.8, 4) is 11.5 Å². The second-order valence-corrected chi connectivity index (χ2v) is 6.18. The summed E-state index contributed by atoms with van der Waals surface area (Å²) in [6.07, 6.45) is 3.78. The van der Waals surface area contributed by atoms with Crippen LogP contribution in [0, 0.1) is 10.1 Å². The van der Waals surface area contributed by atoms with E-state index in [0.29, 0.717) is 0 Å². The Hall–Kier alpha value is -3.09. The molecule has 7 nitrogen and oxygen atoms in total. The number of hydrogen-bond donors (Lipinski definition) is 1. The molecule has 2 aromatic carbocycles.